The van der Waals surface area contributed by atoms with Gasteiger partial charge in [-0.25, -0.2) is 0 Å². The summed E-state index contributed by atoms with van der Waals surface area (Å²) >= 11 is 0. The lowest BCUT2D eigenvalue weighted by molar-refractivity contribution is -0.136. The summed E-state index contributed by atoms with van der Waals surface area (Å²) in [4.78, 5) is 12.6. The SMILES string of the molecule is CN(C)C1(CNCCC(=O)O)CCCC1. The van der Waals surface area contributed by atoms with E-state index in [0.717, 1.165) is 6.54 Å². The minimum absolute atomic E-state index is 0.212. The summed E-state index contributed by atoms with van der Waals surface area (Å²) in [6.07, 6.45) is 5.24. The van der Waals surface area contributed by atoms with E-state index in [-0.39, 0.29) is 12.0 Å². The van der Waals surface area contributed by atoms with Crippen molar-refractivity contribution in [2.75, 3.05) is 27.2 Å². The van der Waals surface area contributed by atoms with Gasteiger partial charge in [-0.2, -0.15) is 0 Å². The number of hydrogen-bond acceptors (Lipinski definition) is 3. The maximum atomic E-state index is 10.4. The quantitative estimate of drug-likeness (QED) is 0.646. The molecule has 0 radical (unpaired) electrons. The molecule has 0 unspecified atom stereocenters. The fourth-order valence-electron chi connectivity index (χ4n) is 2.33. The summed E-state index contributed by atoms with van der Waals surface area (Å²) in [6.45, 7) is 1.48. The van der Waals surface area contributed by atoms with Gasteiger partial charge in [0.25, 0.3) is 0 Å². The summed E-state index contributed by atoms with van der Waals surface area (Å²) in [6, 6.07) is 0. The zero-order valence-corrected chi connectivity index (χ0v) is 9.75. The number of nitrogens with zero attached hydrogens (tertiary/aromatic N) is 1. The van der Waals surface area contributed by atoms with Crippen molar-refractivity contribution in [1.29, 1.82) is 0 Å². The molecule has 0 saturated heterocycles. The van der Waals surface area contributed by atoms with Gasteiger partial charge >= 0.3 is 5.97 Å². The molecule has 1 aliphatic carbocycles. The molecule has 0 spiro atoms. The molecule has 1 saturated carbocycles. The third kappa shape index (κ3) is 3.47. The van der Waals surface area contributed by atoms with Crippen LogP contribution in [-0.2, 0) is 4.79 Å². The maximum Gasteiger partial charge on any atom is 0.304 e. The smallest absolute Gasteiger partial charge is 0.304 e. The largest absolute Gasteiger partial charge is 0.481 e. The standard InChI is InChI=1S/C11H22N2O2/c1-13(2)11(6-3-4-7-11)9-12-8-5-10(14)15/h12H,3-9H2,1-2H3,(H,14,15). The molecule has 0 aromatic heterocycles. The molecule has 15 heavy (non-hydrogen) atoms. The first-order valence-corrected chi connectivity index (χ1v) is 5.67. The van der Waals surface area contributed by atoms with Crippen LogP contribution < -0.4 is 5.32 Å². The molecule has 88 valence electrons. The highest BCUT2D eigenvalue weighted by molar-refractivity contribution is 5.66. The van der Waals surface area contributed by atoms with E-state index in [0.29, 0.717) is 6.54 Å². The monoisotopic (exact) mass is 214 g/mol. The van der Waals surface area contributed by atoms with Crippen molar-refractivity contribution in [1.82, 2.24) is 10.2 Å². The lowest BCUT2D eigenvalue weighted by Crippen LogP contribution is -2.49. The average Bonchev–Trinajstić information content (AvgIpc) is 2.62. The molecule has 1 aliphatic rings. The van der Waals surface area contributed by atoms with Crippen LogP contribution in [0.3, 0.4) is 0 Å². The van der Waals surface area contributed by atoms with Gasteiger partial charge in [-0.15, -0.1) is 0 Å². The van der Waals surface area contributed by atoms with Crippen molar-refractivity contribution in [3.05, 3.63) is 0 Å². The van der Waals surface area contributed by atoms with Crippen LogP contribution in [0.4, 0.5) is 0 Å². The minimum Gasteiger partial charge on any atom is -0.481 e. The number of carboxylic acid groups (broad SMARTS) is 1. The van der Waals surface area contributed by atoms with Gasteiger partial charge in [0.1, 0.15) is 0 Å². The van der Waals surface area contributed by atoms with Crippen molar-refractivity contribution in [2.24, 2.45) is 0 Å². The highest BCUT2D eigenvalue weighted by Gasteiger charge is 2.35. The van der Waals surface area contributed by atoms with Gasteiger partial charge < -0.3 is 15.3 Å². The minimum atomic E-state index is -0.729. The summed E-state index contributed by atoms with van der Waals surface area (Å²) < 4.78 is 0. The molecule has 0 bridgehead atoms. The Kier molecular flexibility index (Phi) is 4.54. The van der Waals surface area contributed by atoms with Gasteiger partial charge in [0.05, 0.1) is 6.42 Å². The highest BCUT2D eigenvalue weighted by Crippen LogP contribution is 2.32. The zero-order valence-electron chi connectivity index (χ0n) is 9.75. The molecule has 0 atom stereocenters. The van der Waals surface area contributed by atoms with Crippen molar-refractivity contribution in [2.45, 2.75) is 37.6 Å². The van der Waals surface area contributed by atoms with Crippen LogP contribution in [0.5, 0.6) is 0 Å². The number of likely N-dealkylation sites (N-methyl/N-ethyl adjacent to an activating group) is 1. The number of carbonyl (C=O) groups is 1. The summed E-state index contributed by atoms with van der Waals surface area (Å²) in [5, 5.41) is 11.8. The first-order valence-electron chi connectivity index (χ1n) is 5.67. The molecule has 4 nitrogen and oxygen atoms in total. The van der Waals surface area contributed by atoms with E-state index < -0.39 is 5.97 Å². The maximum absolute atomic E-state index is 10.4. The van der Waals surface area contributed by atoms with Gasteiger partial charge in [-0.05, 0) is 26.9 Å². The Bertz CT molecular complexity index is 211. The molecule has 0 aromatic rings. The van der Waals surface area contributed by atoms with Crippen LogP contribution in [0, 0.1) is 0 Å². The van der Waals surface area contributed by atoms with Crippen molar-refractivity contribution >= 4 is 5.97 Å². The van der Waals surface area contributed by atoms with E-state index in [2.05, 4.69) is 24.3 Å². The number of carboxylic acids is 1. The van der Waals surface area contributed by atoms with Crippen LogP contribution in [0.2, 0.25) is 0 Å². The predicted octanol–water partition coefficient (Wildman–Crippen LogP) is 0.925. The Morgan fingerprint density at radius 1 is 1.40 bits per heavy atom. The summed E-state index contributed by atoms with van der Waals surface area (Å²) in [5.74, 6) is -0.729. The number of nitrogens with one attached hydrogen (secondary N) is 1. The van der Waals surface area contributed by atoms with Crippen LogP contribution in [0.25, 0.3) is 0 Å². The summed E-state index contributed by atoms with van der Waals surface area (Å²) in [7, 11) is 4.23. The van der Waals surface area contributed by atoms with Crippen LogP contribution >= 0.6 is 0 Å². The Morgan fingerprint density at radius 2 is 2.00 bits per heavy atom. The van der Waals surface area contributed by atoms with Gasteiger partial charge in [-0.1, -0.05) is 12.8 Å². The Balaban J connectivity index is 2.30. The molecule has 0 aliphatic heterocycles. The molecule has 4 heteroatoms. The molecule has 1 fully saturated rings. The van der Waals surface area contributed by atoms with Crippen molar-refractivity contribution in [3.63, 3.8) is 0 Å². The van der Waals surface area contributed by atoms with E-state index in [1.165, 1.54) is 25.7 Å². The second-order valence-electron chi connectivity index (χ2n) is 4.65. The van der Waals surface area contributed by atoms with E-state index >= 15 is 0 Å². The summed E-state index contributed by atoms with van der Waals surface area (Å²) in [5.41, 5.74) is 0.262. The van der Waals surface area contributed by atoms with E-state index in [4.69, 9.17) is 5.11 Å². The van der Waals surface area contributed by atoms with Gasteiger partial charge in [0.2, 0.25) is 0 Å². The van der Waals surface area contributed by atoms with Crippen LogP contribution in [-0.4, -0.2) is 48.7 Å². The third-order valence-corrected chi connectivity index (χ3v) is 3.45. The molecule has 0 amide bonds. The molecule has 2 N–H and O–H groups in total. The molecule has 0 aromatic carbocycles. The number of rotatable bonds is 6. The number of hydrogen-bond donors (Lipinski definition) is 2. The molecular weight excluding hydrogens is 192 g/mol. The Hall–Kier alpha value is -0.610. The van der Waals surface area contributed by atoms with Crippen molar-refractivity contribution < 1.29 is 9.90 Å². The van der Waals surface area contributed by atoms with Gasteiger partial charge in [-0.3, -0.25) is 4.79 Å². The van der Waals surface area contributed by atoms with E-state index in [9.17, 15) is 4.79 Å². The van der Waals surface area contributed by atoms with E-state index in [1.807, 2.05) is 0 Å². The normalized spacial score (nSPS) is 19.7. The third-order valence-electron chi connectivity index (χ3n) is 3.45. The molecule has 1 rings (SSSR count). The van der Waals surface area contributed by atoms with E-state index in [1.54, 1.807) is 0 Å². The lowest BCUT2D eigenvalue weighted by atomic mass is 9.96. The lowest BCUT2D eigenvalue weighted by Gasteiger charge is -2.36. The molecular formula is C11H22N2O2. The van der Waals surface area contributed by atoms with Crippen LogP contribution in [0.1, 0.15) is 32.1 Å². The zero-order chi connectivity index (χ0) is 11.3. The van der Waals surface area contributed by atoms with Gasteiger partial charge in [0.15, 0.2) is 0 Å². The Morgan fingerprint density at radius 3 is 2.47 bits per heavy atom. The number of aliphatic carboxylic acids is 1. The topological polar surface area (TPSA) is 52.6 Å². The van der Waals surface area contributed by atoms with Crippen LogP contribution in [0.15, 0.2) is 0 Å². The second kappa shape index (κ2) is 5.47. The highest BCUT2D eigenvalue weighted by atomic mass is 16.4. The van der Waals surface area contributed by atoms with Gasteiger partial charge in [0, 0.05) is 18.6 Å². The fraction of sp³-hybridized carbons (Fsp3) is 0.909. The first kappa shape index (κ1) is 12.5. The van der Waals surface area contributed by atoms with Crippen molar-refractivity contribution in [3.8, 4) is 0 Å². The first-order chi connectivity index (χ1) is 7.07. The average molecular weight is 214 g/mol. The fourth-order valence-corrected chi connectivity index (χ4v) is 2.33. The predicted molar refractivity (Wildman–Crippen MR) is 60.0 cm³/mol. The Labute approximate surface area is 91.6 Å². The molecule has 0 heterocycles. The second-order valence-corrected chi connectivity index (χ2v) is 4.65.